The lowest BCUT2D eigenvalue weighted by molar-refractivity contribution is -0.142. The molecular weight excluding hydrogens is 333 g/mol. The maximum atomic E-state index is 12.6. The fourth-order valence-electron chi connectivity index (χ4n) is 3.34. The molecule has 0 aromatic heterocycles. The molecule has 1 aliphatic heterocycles. The second-order valence-corrected chi connectivity index (χ2v) is 7.04. The molecule has 1 aliphatic rings. The van der Waals surface area contributed by atoms with E-state index in [2.05, 4.69) is 4.90 Å². The number of hydrogen-bond donors (Lipinski definition) is 1. The molecular formula is C18H25F3N2O2. The quantitative estimate of drug-likeness (QED) is 0.879. The Morgan fingerprint density at radius 3 is 2.52 bits per heavy atom. The first-order valence-corrected chi connectivity index (χ1v) is 8.40. The summed E-state index contributed by atoms with van der Waals surface area (Å²) >= 11 is 0. The van der Waals surface area contributed by atoms with E-state index in [4.69, 9.17) is 0 Å². The number of hydrogen-bond acceptors (Lipinski definition) is 3. The van der Waals surface area contributed by atoms with Crippen LogP contribution in [0.15, 0.2) is 24.3 Å². The molecule has 4 nitrogen and oxygen atoms in total. The zero-order valence-electron chi connectivity index (χ0n) is 14.6. The monoisotopic (exact) mass is 358 g/mol. The first kappa shape index (κ1) is 19.7. The minimum absolute atomic E-state index is 0.235. The van der Waals surface area contributed by atoms with Crippen LogP contribution in [0.4, 0.5) is 13.2 Å². The molecule has 1 heterocycles. The summed E-state index contributed by atoms with van der Waals surface area (Å²) in [4.78, 5) is 15.6. The molecule has 0 unspecified atom stereocenters. The highest BCUT2D eigenvalue weighted by Crippen LogP contribution is 2.24. The van der Waals surface area contributed by atoms with E-state index in [1.165, 1.54) is 6.07 Å². The fourth-order valence-corrected chi connectivity index (χ4v) is 3.34. The number of aliphatic carboxylic acids is 1. The number of carboxylic acid groups (broad SMARTS) is 1. The first-order chi connectivity index (χ1) is 11.6. The number of alkyl halides is 3. The van der Waals surface area contributed by atoms with Crippen LogP contribution in [-0.4, -0.2) is 60.3 Å². The average molecular weight is 358 g/mol. The van der Waals surface area contributed by atoms with Crippen molar-refractivity contribution in [3.63, 3.8) is 0 Å². The standard InChI is InChI=1S/C18H25F3N2O2/c1-22(2)16-7-6-15(17(24)25)11-23(12-16)10-14-5-3-4-13(8-14)9-18(19,20)21/h3-5,8,15-16H,6-7,9-12H2,1-2H3,(H,24,25)/t15-,16+/m0/s1. The van der Waals surface area contributed by atoms with Gasteiger partial charge in [-0.3, -0.25) is 9.69 Å². The van der Waals surface area contributed by atoms with Crippen molar-refractivity contribution in [2.45, 2.75) is 38.0 Å². The molecule has 0 aliphatic carbocycles. The Morgan fingerprint density at radius 1 is 1.24 bits per heavy atom. The Morgan fingerprint density at radius 2 is 1.92 bits per heavy atom. The molecule has 1 saturated heterocycles. The maximum absolute atomic E-state index is 12.6. The Bertz CT molecular complexity index is 590. The number of halogens is 3. The number of nitrogens with zero attached hydrogens (tertiary/aromatic N) is 2. The van der Waals surface area contributed by atoms with E-state index in [9.17, 15) is 23.1 Å². The van der Waals surface area contributed by atoms with Crippen molar-refractivity contribution in [2.24, 2.45) is 5.92 Å². The summed E-state index contributed by atoms with van der Waals surface area (Å²) in [6.07, 6.45) is -3.76. The zero-order valence-corrected chi connectivity index (χ0v) is 14.6. The van der Waals surface area contributed by atoms with Gasteiger partial charge in [-0.25, -0.2) is 0 Å². The van der Waals surface area contributed by atoms with Crippen LogP contribution >= 0.6 is 0 Å². The molecule has 7 heteroatoms. The van der Waals surface area contributed by atoms with E-state index in [0.29, 0.717) is 26.1 Å². The van der Waals surface area contributed by atoms with Crippen LogP contribution in [0.1, 0.15) is 24.0 Å². The van der Waals surface area contributed by atoms with E-state index in [1.54, 1.807) is 18.2 Å². The number of rotatable bonds is 5. The van der Waals surface area contributed by atoms with E-state index in [1.807, 2.05) is 19.0 Å². The third-order valence-corrected chi connectivity index (χ3v) is 4.68. The Hall–Kier alpha value is -1.60. The Kier molecular flexibility index (Phi) is 6.46. The average Bonchev–Trinajstić information content (AvgIpc) is 2.68. The summed E-state index contributed by atoms with van der Waals surface area (Å²) in [6.45, 7) is 1.59. The van der Waals surface area contributed by atoms with Crippen LogP contribution in [0.25, 0.3) is 0 Å². The van der Waals surface area contributed by atoms with E-state index in [0.717, 1.165) is 12.0 Å². The van der Waals surface area contributed by atoms with Crippen molar-refractivity contribution in [1.29, 1.82) is 0 Å². The first-order valence-electron chi connectivity index (χ1n) is 8.40. The van der Waals surface area contributed by atoms with Crippen molar-refractivity contribution >= 4 is 5.97 Å². The molecule has 0 bridgehead atoms. The largest absolute Gasteiger partial charge is 0.481 e. The molecule has 0 radical (unpaired) electrons. The highest BCUT2D eigenvalue weighted by atomic mass is 19.4. The predicted octanol–water partition coefficient (Wildman–Crippen LogP) is 3.02. The number of likely N-dealkylation sites (N-methyl/N-ethyl adjacent to an activating group) is 1. The van der Waals surface area contributed by atoms with Gasteiger partial charge in [-0.1, -0.05) is 24.3 Å². The number of likely N-dealkylation sites (tertiary alicyclic amines) is 1. The number of carbonyl (C=O) groups is 1. The normalized spacial score (nSPS) is 22.8. The second kappa shape index (κ2) is 8.19. The lowest BCUT2D eigenvalue weighted by Crippen LogP contribution is -2.39. The lowest BCUT2D eigenvalue weighted by Gasteiger charge is -2.28. The van der Waals surface area contributed by atoms with Gasteiger partial charge in [0.2, 0.25) is 0 Å². The van der Waals surface area contributed by atoms with Crippen molar-refractivity contribution < 1.29 is 23.1 Å². The molecule has 140 valence electrons. The molecule has 1 fully saturated rings. The van der Waals surface area contributed by atoms with Crippen molar-refractivity contribution in [3.05, 3.63) is 35.4 Å². The van der Waals surface area contributed by atoms with Gasteiger partial charge in [0.05, 0.1) is 12.3 Å². The van der Waals surface area contributed by atoms with E-state index in [-0.39, 0.29) is 11.6 Å². The van der Waals surface area contributed by atoms with Crippen LogP contribution in [0.3, 0.4) is 0 Å². The summed E-state index contributed by atoms with van der Waals surface area (Å²) in [7, 11) is 3.93. The van der Waals surface area contributed by atoms with Crippen molar-refractivity contribution in [1.82, 2.24) is 9.80 Å². The van der Waals surface area contributed by atoms with Crippen LogP contribution in [0.2, 0.25) is 0 Å². The van der Waals surface area contributed by atoms with Gasteiger partial charge < -0.3 is 10.0 Å². The highest BCUT2D eigenvalue weighted by Gasteiger charge is 2.30. The predicted molar refractivity (Wildman–Crippen MR) is 89.3 cm³/mol. The van der Waals surface area contributed by atoms with Crippen molar-refractivity contribution in [2.75, 3.05) is 27.2 Å². The topological polar surface area (TPSA) is 43.8 Å². The van der Waals surface area contributed by atoms with Crippen LogP contribution in [0, 0.1) is 5.92 Å². The third kappa shape index (κ3) is 6.32. The summed E-state index contributed by atoms with van der Waals surface area (Å²) in [6, 6.07) is 6.71. The van der Waals surface area contributed by atoms with Gasteiger partial charge in [-0.05, 0) is 38.1 Å². The molecule has 0 saturated carbocycles. The van der Waals surface area contributed by atoms with E-state index >= 15 is 0 Å². The van der Waals surface area contributed by atoms with Crippen LogP contribution in [-0.2, 0) is 17.8 Å². The van der Waals surface area contributed by atoms with Gasteiger partial charge >= 0.3 is 12.1 Å². The Labute approximate surface area is 146 Å². The summed E-state index contributed by atoms with van der Waals surface area (Å²) in [5.41, 5.74) is 1.02. The molecule has 2 atom stereocenters. The summed E-state index contributed by atoms with van der Waals surface area (Å²) in [5.74, 6) is -1.25. The summed E-state index contributed by atoms with van der Waals surface area (Å²) < 4.78 is 37.8. The van der Waals surface area contributed by atoms with Gasteiger partial charge in [0.25, 0.3) is 0 Å². The van der Waals surface area contributed by atoms with Gasteiger partial charge in [0.15, 0.2) is 0 Å². The fraction of sp³-hybridized carbons (Fsp3) is 0.611. The highest BCUT2D eigenvalue weighted by molar-refractivity contribution is 5.70. The second-order valence-electron chi connectivity index (χ2n) is 7.04. The Balaban J connectivity index is 2.12. The minimum Gasteiger partial charge on any atom is -0.481 e. The van der Waals surface area contributed by atoms with Gasteiger partial charge in [0, 0.05) is 25.7 Å². The van der Waals surface area contributed by atoms with Gasteiger partial charge in [-0.2, -0.15) is 13.2 Å². The van der Waals surface area contributed by atoms with Gasteiger partial charge in [0.1, 0.15) is 0 Å². The number of carboxylic acids is 1. The maximum Gasteiger partial charge on any atom is 0.393 e. The summed E-state index contributed by atoms with van der Waals surface area (Å²) in [5, 5.41) is 9.38. The van der Waals surface area contributed by atoms with Gasteiger partial charge in [-0.15, -0.1) is 0 Å². The minimum atomic E-state index is -4.23. The van der Waals surface area contributed by atoms with E-state index < -0.39 is 24.5 Å². The number of benzene rings is 1. The zero-order chi connectivity index (χ0) is 18.6. The molecule has 0 amide bonds. The van der Waals surface area contributed by atoms with Crippen molar-refractivity contribution in [3.8, 4) is 0 Å². The van der Waals surface area contributed by atoms with Crippen LogP contribution in [0.5, 0.6) is 0 Å². The molecule has 25 heavy (non-hydrogen) atoms. The lowest BCUT2D eigenvalue weighted by atomic mass is 10.0. The molecule has 0 spiro atoms. The molecule has 1 N–H and O–H groups in total. The SMILES string of the molecule is CN(C)[C@@H]1CC[C@H](C(=O)O)CN(Cc2cccc(CC(F)(F)F)c2)C1. The molecule has 1 aromatic carbocycles. The third-order valence-electron chi connectivity index (χ3n) is 4.68. The molecule has 2 rings (SSSR count). The molecule has 1 aromatic rings. The smallest absolute Gasteiger partial charge is 0.393 e. The van der Waals surface area contributed by atoms with Crippen LogP contribution < -0.4 is 0 Å².